The van der Waals surface area contributed by atoms with E-state index in [1.54, 1.807) is 19.2 Å². The van der Waals surface area contributed by atoms with Crippen molar-refractivity contribution < 1.29 is 9.53 Å². The fraction of sp³-hybridized carbons (Fsp3) is 0.235. The van der Waals surface area contributed by atoms with Crippen molar-refractivity contribution in [1.29, 1.82) is 0 Å². The highest BCUT2D eigenvalue weighted by Gasteiger charge is 2.21. The van der Waals surface area contributed by atoms with Gasteiger partial charge in [0.2, 0.25) is 0 Å². The number of nitrogens with one attached hydrogen (secondary N) is 2. The van der Waals surface area contributed by atoms with Crippen LogP contribution in [0.4, 0.5) is 5.69 Å². The second-order valence-electron chi connectivity index (χ2n) is 5.11. The van der Waals surface area contributed by atoms with E-state index in [1.807, 2.05) is 24.3 Å². The van der Waals surface area contributed by atoms with Crippen molar-refractivity contribution in [3.8, 4) is 5.75 Å². The maximum absolute atomic E-state index is 12.4. The van der Waals surface area contributed by atoms with E-state index in [9.17, 15) is 4.79 Å². The van der Waals surface area contributed by atoms with E-state index in [1.165, 1.54) is 5.56 Å². The molecule has 1 unspecified atom stereocenters. The van der Waals surface area contributed by atoms with Crippen molar-refractivity contribution in [3.05, 3.63) is 59.7 Å². The Morgan fingerprint density at radius 1 is 1.19 bits per heavy atom. The fourth-order valence-corrected chi connectivity index (χ4v) is 2.64. The number of fused-ring (bicyclic) bond motifs is 1. The van der Waals surface area contributed by atoms with Crippen LogP contribution in [0.25, 0.3) is 0 Å². The minimum Gasteiger partial charge on any atom is -0.496 e. The van der Waals surface area contributed by atoms with Gasteiger partial charge in [-0.15, -0.1) is 0 Å². The first-order valence-electron chi connectivity index (χ1n) is 7.03. The summed E-state index contributed by atoms with van der Waals surface area (Å²) in [6.07, 6.45) is 0.837. The van der Waals surface area contributed by atoms with E-state index >= 15 is 0 Å². The van der Waals surface area contributed by atoms with Crippen LogP contribution in [0, 0.1) is 0 Å². The number of carbonyl (C=O) groups excluding carboxylic acids is 1. The number of ether oxygens (including phenoxy) is 1. The monoisotopic (exact) mass is 282 g/mol. The maximum Gasteiger partial charge on any atom is 0.255 e. The summed E-state index contributed by atoms with van der Waals surface area (Å²) in [7, 11) is 1.57. The molecule has 0 fully saturated rings. The molecule has 1 heterocycles. The molecule has 3 rings (SSSR count). The first kappa shape index (κ1) is 13.5. The van der Waals surface area contributed by atoms with Gasteiger partial charge in [0.1, 0.15) is 5.75 Å². The molecule has 21 heavy (non-hydrogen) atoms. The second-order valence-corrected chi connectivity index (χ2v) is 5.11. The SMILES string of the molecule is COc1ccccc1C(=O)NC1CNc2ccccc2C1. The van der Waals surface area contributed by atoms with Crippen molar-refractivity contribution in [2.75, 3.05) is 19.0 Å². The van der Waals surface area contributed by atoms with Crippen LogP contribution < -0.4 is 15.4 Å². The number of hydrogen-bond donors (Lipinski definition) is 2. The summed E-state index contributed by atoms with van der Waals surface area (Å²) in [5, 5.41) is 6.42. The molecular weight excluding hydrogens is 264 g/mol. The van der Waals surface area contributed by atoms with Gasteiger partial charge in [0.25, 0.3) is 5.91 Å². The number of rotatable bonds is 3. The van der Waals surface area contributed by atoms with Crippen molar-refractivity contribution in [2.24, 2.45) is 0 Å². The van der Waals surface area contributed by atoms with Gasteiger partial charge in [-0.3, -0.25) is 4.79 Å². The molecule has 0 saturated carbocycles. The van der Waals surface area contributed by atoms with Crippen LogP contribution >= 0.6 is 0 Å². The highest BCUT2D eigenvalue weighted by Crippen LogP contribution is 2.22. The molecule has 0 spiro atoms. The molecule has 0 aliphatic carbocycles. The number of para-hydroxylation sites is 2. The van der Waals surface area contributed by atoms with Gasteiger partial charge in [0, 0.05) is 12.2 Å². The highest BCUT2D eigenvalue weighted by molar-refractivity contribution is 5.97. The summed E-state index contributed by atoms with van der Waals surface area (Å²) in [6, 6.07) is 15.5. The molecule has 0 radical (unpaired) electrons. The number of methoxy groups -OCH3 is 1. The summed E-state index contributed by atoms with van der Waals surface area (Å²) in [4.78, 5) is 12.4. The molecule has 1 aliphatic heterocycles. The lowest BCUT2D eigenvalue weighted by atomic mass is 9.99. The second kappa shape index (κ2) is 5.87. The van der Waals surface area contributed by atoms with E-state index in [2.05, 4.69) is 22.8 Å². The van der Waals surface area contributed by atoms with Crippen LogP contribution in [0.1, 0.15) is 15.9 Å². The topological polar surface area (TPSA) is 50.4 Å². The third kappa shape index (κ3) is 2.84. The minimum atomic E-state index is -0.0985. The predicted octanol–water partition coefficient (Wildman–Crippen LogP) is 2.46. The summed E-state index contributed by atoms with van der Waals surface area (Å²) in [6.45, 7) is 0.734. The van der Waals surface area contributed by atoms with E-state index < -0.39 is 0 Å². The van der Waals surface area contributed by atoms with Gasteiger partial charge in [-0.2, -0.15) is 0 Å². The fourth-order valence-electron chi connectivity index (χ4n) is 2.64. The van der Waals surface area contributed by atoms with E-state index in [-0.39, 0.29) is 11.9 Å². The Kier molecular flexibility index (Phi) is 3.77. The normalized spacial score (nSPS) is 16.5. The molecule has 2 aromatic carbocycles. The van der Waals surface area contributed by atoms with Crippen molar-refractivity contribution in [1.82, 2.24) is 5.32 Å². The van der Waals surface area contributed by atoms with Gasteiger partial charge in [-0.25, -0.2) is 0 Å². The number of hydrogen-bond acceptors (Lipinski definition) is 3. The van der Waals surface area contributed by atoms with Crippen LogP contribution in [-0.4, -0.2) is 25.6 Å². The maximum atomic E-state index is 12.4. The number of benzene rings is 2. The molecule has 0 bridgehead atoms. The third-order valence-electron chi connectivity index (χ3n) is 3.71. The third-order valence-corrected chi connectivity index (χ3v) is 3.71. The average molecular weight is 282 g/mol. The molecule has 1 aliphatic rings. The summed E-state index contributed by atoms with van der Waals surface area (Å²) in [5.74, 6) is 0.498. The van der Waals surface area contributed by atoms with Crippen molar-refractivity contribution >= 4 is 11.6 Å². The van der Waals surface area contributed by atoms with E-state index in [4.69, 9.17) is 4.74 Å². The predicted molar refractivity (Wildman–Crippen MR) is 82.9 cm³/mol. The Morgan fingerprint density at radius 3 is 2.81 bits per heavy atom. The van der Waals surface area contributed by atoms with Gasteiger partial charge in [-0.05, 0) is 30.2 Å². The number of anilines is 1. The number of amides is 1. The van der Waals surface area contributed by atoms with Gasteiger partial charge < -0.3 is 15.4 Å². The molecule has 4 heteroatoms. The molecule has 0 saturated heterocycles. The Bertz CT molecular complexity index is 655. The molecule has 108 valence electrons. The summed E-state index contributed by atoms with van der Waals surface area (Å²) >= 11 is 0. The van der Waals surface area contributed by atoms with Crippen LogP contribution in [0.3, 0.4) is 0 Å². The van der Waals surface area contributed by atoms with Gasteiger partial charge in [0.15, 0.2) is 0 Å². The lowest BCUT2D eigenvalue weighted by molar-refractivity contribution is 0.0935. The van der Waals surface area contributed by atoms with Crippen LogP contribution in [0.5, 0.6) is 5.75 Å². The summed E-state index contributed by atoms with van der Waals surface area (Å²) in [5.41, 5.74) is 2.95. The van der Waals surface area contributed by atoms with Crippen LogP contribution in [-0.2, 0) is 6.42 Å². The Hall–Kier alpha value is -2.49. The molecule has 1 amide bonds. The average Bonchev–Trinajstić information content (AvgIpc) is 2.54. The molecule has 4 nitrogen and oxygen atoms in total. The zero-order valence-corrected chi connectivity index (χ0v) is 11.9. The standard InChI is InChI=1S/C17H18N2O2/c1-21-16-9-5-3-7-14(16)17(20)19-13-10-12-6-2-4-8-15(12)18-11-13/h2-9,13,18H,10-11H2,1H3,(H,19,20). The van der Waals surface area contributed by atoms with Crippen molar-refractivity contribution in [3.63, 3.8) is 0 Å². The van der Waals surface area contributed by atoms with Gasteiger partial charge in [0.05, 0.1) is 18.7 Å². The smallest absolute Gasteiger partial charge is 0.255 e. The lowest BCUT2D eigenvalue weighted by Gasteiger charge is -2.27. The Morgan fingerprint density at radius 2 is 1.95 bits per heavy atom. The molecule has 2 aromatic rings. The van der Waals surface area contributed by atoms with Gasteiger partial charge in [-0.1, -0.05) is 30.3 Å². The summed E-state index contributed by atoms with van der Waals surface area (Å²) < 4.78 is 5.24. The zero-order chi connectivity index (χ0) is 14.7. The van der Waals surface area contributed by atoms with Gasteiger partial charge >= 0.3 is 0 Å². The highest BCUT2D eigenvalue weighted by atomic mass is 16.5. The first-order chi connectivity index (χ1) is 10.3. The zero-order valence-electron chi connectivity index (χ0n) is 11.9. The van der Waals surface area contributed by atoms with Crippen LogP contribution in [0.2, 0.25) is 0 Å². The molecule has 0 aromatic heterocycles. The van der Waals surface area contributed by atoms with Crippen molar-refractivity contribution in [2.45, 2.75) is 12.5 Å². The molecule has 2 N–H and O–H groups in total. The Balaban J connectivity index is 1.72. The Labute approximate surface area is 124 Å². The minimum absolute atomic E-state index is 0.0808. The molecule has 1 atom stereocenters. The van der Waals surface area contributed by atoms with E-state index in [0.717, 1.165) is 18.7 Å². The first-order valence-corrected chi connectivity index (χ1v) is 7.03. The van der Waals surface area contributed by atoms with E-state index in [0.29, 0.717) is 11.3 Å². The molecular formula is C17H18N2O2. The number of carbonyl (C=O) groups is 1. The van der Waals surface area contributed by atoms with Crippen LogP contribution in [0.15, 0.2) is 48.5 Å². The lowest BCUT2D eigenvalue weighted by Crippen LogP contribution is -2.43. The quantitative estimate of drug-likeness (QED) is 0.909. The largest absolute Gasteiger partial charge is 0.496 e.